The summed E-state index contributed by atoms with van der Waals surface area (Å²) < 4.78 is 4.88. The number of hydrogen-bond donors (Lipinski definition) is 0. The number of hydrogen-bond acceptors (Lipinski definition) is 2. The highest BCUT2D eigenvalue weighted by molar-refractivity contribution is 7.99. The summed E-state index contributed by atoms with van der Waals surface area (Å²) >= 11 is 7.32. The summed E-state index contributed by atoms with van der Waals surface area (Å²) in [5.41, 5.74) is 0. The van der Waals surface area contributed by atoms with Crippen LogP contribution < -0.4 is 0 Å². The van der Waals surface area contributed by atoms with Gasteiger partial charge in [0.25, 0.3) is 0 Å². The number of ether oxygens (including phenoxy) is 1. The van der Waals surface area contributed by atoms with Crippen molar-refractivity contribution in [1.82, 2.24) is 0 Å². The SMILES string of the molecule is COCSC(C)CCCl. The predicted octanol–water partition coefficient (Wildman–Crippen LogP) is 2.34. The zero-order chi connectivity index (χ0) is 7.11. The highest BCUT2D eigenvalue weighted by Gasteiger charge is 1.98. The van der Waals surface area contributed by atoms with Crippen molar-refractivity contribution >= 4 is 23.4 Å². The molecule has 0 aromatic carbocycles. The standard InChI is InChI=1S/C6H13ClOS/c1-6(3-4-7)9-5-8-2/h6H,3-5H2,1-2H3. The lowest BCUT2D eigenvalue weighted by atomic mass is 10.4. The molecule has 3 heteroatoms. The summed E-state index contributed by atoms with van der Waals surface area (Å²) in [7, 11) is 1.71. The molecule has 9 heavy (non-hydrogen) atoms. The van der Waals surface area contributed by atoms with E-state index in [2.05, 4.69) is 6.92 Å². The van der Waals surface area contributed by atoms with Gasteiger partial charge < -0.3 is 4.74 Å². The third kappa shape index (κ3) is 6.49. The molecule has 0 saturated heterocycles. The van der Waals surface area contributed by atoms with Crippen LogP contribution in [0.2, 0.25) is 0 Å². The van der Waals surface area contributed by atoms with E-state index < -0.39 is 0 Å². The fourth-order valence-electron chi connectivity index (χ4n) is 0.421. The highest BCUT2D eigenvalue weighted by Crippen LogP contribution is 2.13. The second-order valence-electron chi connectivity index (χ2n) is 1.86. The lowest BCUT2D eigenvalue weighted by Gasteiger charge is -2.06. The van der Waals surface area contributed by atoms with Gasteiger partial charge in [-0.1, -0.05) is 6.92 Å². The van der Waals surface area contributed by atoms with Gasteiger partial charge in [-0.15, -0.1) is 23.4 Å². The Labute approximate surface area is 66.1 Å². The Bertz CT molecular complexity index is 61.0. The van der Waals surface area contributed by atoms with Crippen LogP contribution in [-0.4, -0.2) is 24.2 Å². The van der Waals surface area contributed by atoms with Crippen molar-refractivity contribution in [3.05, 3.63) is 0 Å². The van der Waals surface area contributed by atoms with Crippen molar-refractivity contribution in [3.8, 4) is 0 Å². The second kappa shape index (κ2) is 6.72. The minimum absolute atomic E-state index is 0.627. The molecule has 56 valence electrons. The molecule has 0 N–H and O–H groups in total. The van der Waals surface area contributed by atoms with Crippen molar-refractivity contribution in [2.75, 3.05) is 18.9 Å². The molecular weight excluding hydrogens is 156 g/mol. The Morgan fingerprint density at radius 2 is 2.33 bits per heavy atom. The average molecular weight is 169 g/mol. The van der Waals surface area contributed by atoms with Crippen LogP contribution in [0.15, 0.2) is 0 Å². The molecule has 0 aromatic heterocycles. The maximum Gasteiger partial charge on any atom is 0.0919 e. The molecule has 0 rings (SSSR count). The van der Waals surface area contributed by atoms with Crippen LogP contribution in [0.25, 0.3) is 0 Å². The van der Waals surface area contributed by atoms with E-state index in [0.717, 1.165) is 18.2 Å². The molecule has 0 fully saturated rings. The molecule has 1 atom stereocenters. The topological polar surface area (TPSA) is 9.23 Å². The zero-order valence-corrected chi connectivity index (χ0v) is 7.47. The summed E-state index contributed by atoms with van der Waals surface area (Å²) in [4.78, 5) is 0. The number of alkyl halides is 1. The van der Waals surface area contributed by atoms with Crippen LogP contribution in [0.3, 0.4) is 0 Å². The Kier molecular flexibility index (Phi) is 7.16. The smallest absolute Gasteiger partial charge is 0.0919 e. The molecule has 0 aromatic rings. The minimum atomic E-state index is 0.627. The van der Waals surface area contributed by atoms with E-state index in [0.29, 0.717) is 5.25 Å². The number of halogens is 1. The highest BCUT2D eigenvalue weighted by atomic mass is 35.5. The fraction of sp³-hybridized carbons (Fsp3) is 1.00. The molecule has 0 bridgehead atoms. The lowest BCUT2D eigenvalue weighted by molar-refractivity contribution is 0.258. The van der Waals surface area contributed by atoms with Crippen LogP contribution in [0.5, 0.6) is 0 Å². The van der Waals surface area contributed by atoms with Gasteiger partial charge in [0.1, 0.15) is 0 Å². The van der Waals surface area contributed by atoms with Gasteiger partial charge in [-0.25, -0.2) is 0 Å². The number of thioether (sulfide) groups is 1. The summed E-state index contributed by atoms with van der Waals surface area (Å²) in [5.74, 6) is 1.52. The van der Waals surface area contributed by atoms with Crippen molar-refractivity contribution in [3.63, 3.8) is 0 Å². The van der Waals surface area contributed by atoms with Gasteiger partial charge in [-0.05, 0) is 6.42 Å². The molecule has 1 nitrogen and oxygen atoms in total. The van der Waals surface area contributed by atoms with Crippen LogP contribution in [0.1, 0.15) is 13.3 Å². The van der Waals surface area contributed by atoms with Crippen LogP contribution in [0, 0.1) is 0 Å². The van der Waals surface area contributed by atoms with Crippen molar-refractivity contribution in [2.45, 2.75) is 18.6 Å². The molecule has 0 amide bonds. The van der Waals surface area contributed by atoms with E-state index in [4.69, 9.17) is 16.3 Å². The second-order valence-corrected chi connectivity index (χ2v) is 3.61. The zero-order valence-electron chi connectivity index (χ0n) is 5.89. The van der Waals surface area contributed by atoms with E-state index in [1.165, 1.54) is 0 Å². The van der Waals surface area contributed by atoms with Gasteiger partial charge in [0, 0.05) is 18.2 Å². The Balaban J connectivity index is 2.95. The van der Waals surface area contributed by atoms with E-state index in [1.54, 1.807) is 18.9 Å². The lowest BCUT2D eigenvalue weighted by Crippen LogP contribution is -1.98. The van der Waals surface area contributed by atoms with E-state index in [9.17, 15) is 0 Å². The van der Waals surface area contributed by atoms with Crippen molar-refractivity contribution in [2.24, 2.45) is 0 Å². The van der Waals surface area contributed by atoms with Gasteiger partial charge in [0.2, 0.25) is 0 Å². The van der Waals surface area contributed by atoms with Gasteiger partial charge in [-0.3, -0.25) is 0 Å². The third-order valence-electron chi connectivity index (χ3n) is 0.986. The summed E-state index contributed by atoms with van der Waals surface area (Å²) in [6.07, 6.45) is 1.07. The first-order chi connectivity index (χ1) is 4.31. The van der Waals surface area contributed by atoms with Crippen molar-refractivity contribution in [1.29, 1.82) is 0 Å². The van der Waals surface area contributed by atoms with Gasteiger partial charge >= 0.3 is 0 Å². The molecule has 0 saturated carbocycles. The van der Waals surface area contributed by atoms with E-state index in [1.807, 2.05) is 0 Å². The van der Waals surface area contributed by atoms with Gasteiger partial charge in [0.05, 0.1) is 5.94 Å². The molecule has 0 radical (unpaired) electrons. The molecule has 0 aliphatic carbocycles. The van der Waals surface area contributed by atoms with E-state index in [-0.39, 0.29) is 0 Å². The average Bonchev–Trinajstić information content (AvgIpc) is 1.85. The maximum atomic E-state index is 5.52. The molecule has 0 heterocycles. The molecular formula is C6H13ClOS. The fourth-order valence-corrected chi connectivity index (χ4v) is 1.53. The quantitative estimate of drug-likeness (QED) is 0.461. The normalized spacial score (nSPS) is 13.7. The number of methoxy groups -OCH3 is 1. The molecule has 0 aliphatic rings. The number of rotatable bonds is 5. The first kappa shape index (κ1) is 9.60. The Morgan fingerprint density at radius 1 is 1.67 bits per heavy atom. The Hall–Kier alpha value is 0.600. The van der Waals surface area contributed by atoms with Gasteiger partial charge in [0.15, 0.2) is 0 Å². The minimum Gasteiger partial charge on any atom is -0.374 e. The summed E-state index contributed by atoms with van der Waals surface area (Å²) in [6.45, 7) is 2.16. The van der Waals surface area contributed by atoms with E-state index >= 15 is 0 Å². The maximum absolute atomic E-state index is 5.52. The Morgan fingerprint density at radius 3 is 2.78 bits per heavy atom. The molecule has 0 aliphatic heterocycles. The summed E-state index contributed by atoms with van der Waals surface area (Å²) in [5, 5.41) is 0.627. The monoisotopic (exact) mass is 168 g/mol. The molecule has 1 unspecified atom stereocenters. The first-order valence-electron chi connectivity index (χ1n) is 2.97. The van der Waals surface area contributed by atoms with Crippen molar-refractivity contribution < 1.29 is 4.74 Å². The van der Waals surface area contributed by atoms with Crippen LogP contribution in [0.4, 0.5) is 0 Å². The largest absolute Gasteiger partial charge is 0.374 e. The third-order valence-corrected chi connectivity index (χ3v) is 2.38. The summed E-state index contributed by atoms with van der Waals surface area (Å²) in [6, 6.07) is 0. The first-order valence-corrected chi connectivity index (χ1v) is 4.56. The van der Waals surface area contributed by atoms with Gasteiger partial charge in [-0.2, -0.15) is 0 Å². The van der Waals surface area contributed by atoms with Crippen LogP contribution in [-0.2, 0) is 4.74 Å². The van der Waals surface area contributed by atoms with Crippen LogP contribution >= 0.6 is 23.4 Å². The predicted molar refractivity (Wildman–Crippen MR) is 44.3 cm³/mol. The molecule has 0 spiro atoms.